The van der Waals surface area contributed by atoms with Gasteiger partial charge in [-0.25, -0.2) is 4.98 Å². The van der Waals surface area contributed by atoms with Crippen LogP contribution >= 0.6 is 0 Å². The van der Waals surface area contributed by atoms with Crippen molar-refractivity contribution in [2.75, 3.05) is 5.32 Å². The van der Waals surface area contributed by atoms with Gasteiger partial charge in [0.2, 0.25) is 0 Å². The number of nitrogens with zero attached hydrogens (tertiary/aromatic N) is 2. The molecule has 1 amide bonds. The fourth-order valence-electron chi connectivity index (χ4n) is 2.19. The Hall–Kier alpha value is -3.54. The van der Waals surface area contributed by atoms with Gasteiger partial charge in [0.15, 0.2) is 0 Å². The van der Waals surface area contributed by atoms with Crippen molar-refractivity contribution in [1.82, 2.24) is 4.98 Å². The molecule has 3 rings (SSSR count). The van der Waals surface area contributed by atoms with Gasteiger partial charge in [0.25, 0.3) is 11.6 Å². The lowest BCUT2D eigenvalue weighted by Crippen LogP contribution is -2.13. The van der Waals surface area contributed by atoms with Crippen molar-refractivity contribution in [3.8, 4) is 11.3 Å². The lowest BCUT2D eigenvalue weighted by atomic mass is 10.1. The summed E-state index contributed by atoms with van der Waals surface area (Å²) in [5.74, 6) is -0.373. The summed E-state index contributed by atoms with van der Waals surface area (Å²) in [7, 11) is 0. The summed E-state index contributed by atoms with van der Waals surface area (Å²) < 4.78 is 0. The van der Waals surface area contributed by atoms with E-state index in [0.29, 0.717) is 11.4 Å². The number of nitro groups is 1. The molecule has 0 fully saturated rings. The van der Waals surface area contributed by atoms with Gasteiger partial charge < -0.3 is 5.32 Å². The molecule has 0 spiro atoms. The lowest BCUT2D eigenvalue weighted by Gasteiger charge is -2.06. The number of hydrogen-bond acceptors (Lipinski definition) is 4. The minimum atomic E-state index is -0.490. The second-order valence-corrected chi connectivity index (χ2v) is 5.03. The van der Waals surface area contributed by atoms with Crippen LogP contribution in [0.2, 0.25) is 0 Å². The highest BCUT2D eigenvalue weighted by molar-refractivity contribution is 6.03. The van der Waals surface area contributed by atoms with Crippen molar-refractivity contribution in [2.45, 2.75) is 0 Å². The van der Waals surface area contributed by atoms with Gasteiger partial charge in [0.05, 0.1) is 10.6 Å². The van der Waals surface area contributed by atoms with Crippen molar-refractivity contribution >= 4 is 17.3 Å². The highest BCUT2D eigenvalue weighted by atomic mass is 16.6. The summed E-state index contributed by atoms with van der Waals surface area (Å²) in [6.07, 6.45) is 0. The van der Waals surface area contributed by atoms with Crippen LogP contribution in [-0.2, 0) is 0 Å². The molecule has 1 N–H and O–H groups in total. The van der Waals surface area contributed by atoms with Crippen molar-refractivity contribution in [3.63, 3.8) is 0 Å². The molecule has 1 heterocycles. The van der Waals surface area contributed by atoms with Crippen LogP contribution in [0.5, 0.6) is 0 Å². The maximum Gasteiger partial charge on any atom is 0.274 e. The van der Waals surface area contributed by atoms with E-state index >= 15 is 0 Å². The number of carbonyl (C=O) groups is 1. The average molecular weight is 319 g/mol. The molecule has 0 saturated carbocycles. The molecule has 0 aliphatic carbocycles. The third-order valence-electron chi connectivity index (χ3n) is 3.39. The Morgan fingerprint density at radius 3 is 2.29 bits per heavy atom. The average Bonchev–Trinajstić information content (AvgIpc) is 2.63. The molecule has 6 heteroatoms. The summed E-state index contributed by atoms with van der Waals surface area (Å²) in [6, 6.07) is 20.4. The first-order chi connectivity index (χ1) is 11.6. The minimum Gasteiger partial charge on any atom is -0.321 e. The Balaban J connectivity index is 1.79. The predicted molar refractivity (Wildman–Crippen MR) is 90.7 cm³/mol. The van der Waals surface area contributed by atoms with Crippen molar-refractivity contribution in [1.29, 1.82) is 0 Å². The number of pyridine rings is 1. The van der Waals surface area contributed by atoms with E-state index in [9.17, 15) is 14.9 Å². The monoisotopic (exact) mass is 319 g/mol. The number of carbonyl (C=O) groups excluding carboxylic acids is 1. The fraction of sp³-hybridized carbons (Fsp3) is 0. The van der Waals surface area contributed by atoms with Gasteiger partial charge in [-0.05, 0) is 24.3 Å². The van der Waals surface area contributed by atoms with Crippen LogP contribution in [-0.4, -0.2) is 15.8 Å². The van der Waals surface area contributed by atoms with Gasteiger partial charge in [0, 0.05) is 23.4 Å². The number of nitro benzene ring substituents is 1. The first kappa shape index (κ1) is 15.4. The quantitative estimate of drug-likeness (QED) is 0.583. The summed E-state index contributed by atoms with van der Waals surface area (Å²) in [4.78, 5) is 26.8. The Labute approximate surface area is 137 Å². The zero-order valence-electron chi connectivity index (χ0n) is 12.5. The van der Waals surface area contributed by atoms with Crippen molar-refractivity contribution in [3.05, 3.63) is 88.6 Å². The summed E-state index contributed by atoms with van der Waals surface area (Å²) in [5.41, 5.74) is 2.33. The molecular formula is C18H13N3O3. The van der Waals surface area contributed by atoms with E-state index in [0.717, 1.165) is 5.56 Å². The van der Waals surface area contributed by atoms with E-state index in [1.54, 1.807) is 12.1 Å². The molecule has 0 atom stereocenters. The molecule has 1 aromatic heterocycles. The van der Waals surface area contributed by atoms with E-state index in [-0.39, 0.29) is 17.3 Å². The van der Waals surface area contributed by atoms with Crippen LogP contribution in [0, 0.1) is 10.1 Å². The maximum atomic E-state index is 12.3. The number of rotatable bonds is 4. The van der Waals surface area contributed by atoms with Gasteiger partial charge in [-0.3, -0.25) is 14.9 Å². The van der Waals surface area contributed by atoms with E-state index in [1.165, 1.54) is 24.3 Å². The summed E-state index contributed by atoms with van der Waals surface area (Å²) >= 11 is 0. The highest BCUT2D eigenvalue weighted by Gasteiger charge is 2.10. The molecule has 3 aromatic rings. The molecule has 24 heavy (non-hydrogen) atoms. The normalized spacial score (nSPS) is 10.2. The molecule has 118 valence electrons. The van der Waals surface area contributed by atoms with Gasteiger partial charge in [-0.1, -0.05) is 36.4 Å². The van der Waals surface area contributed by atoms with Crippen LogP contribution in [0.4, 0.5) is 11.4 Å². The van der Waals surface area contributed by atoms with E-state index in [1.807, 2.05) is 36.4 Å². The summed E-state index contributed by atoms with van der Waals surface area (Å²) in [5, 5.41) is 13.3. The first-order valence-electron chi connectivity index (χ1n) is 7.22. The standard InChI is InChI=1S/C18H13N3O3/c22-18(19-14-9-11-15(12-10-14)21(23)24)17-8-4-7-16(20-17)13-5-2-1-3-6-13/h1-12H,(H,19,22). The SMILES string of the molecule is O=C(Nc1ccc([N+](=O)[O-])cc1)c1cccc(-c2ccccc2)n1. The number of aromatic nitrogens is 1. The van der Waals surface area contributed by atoms with Gasteiger partial charge in [-0.2, -0.15) is 0 Å². The Bertz CT molecular complexity index is 878. The van der Waals surface area contributed by atoms with Crippen molar-refractivity contribution in [2.24, 2.45) is 0 Å². The van der Waals surface area contributed by atoms with Crippen LogP contribution in [0.1, 0.15) is 10.5 Å². The van der Waals surface area contributed by atoms with Gasteiger partial charge in [0.1, 0.15) is 5.69 Å². The molecular weight excluding hydrogens is 306 g/mol. The largest absolute Gasteiger partial charge is 0.321 e. The lowest BCUT2D eigenvalue weighted by molar-refractivity contribution is -0.384. The van der Waals surface area contributed by atoms with Gasteiger partial charge >= 0.3 is 0 Å². The molecule has 0 aliphatic rings. The molecule has 0 unspecified atom stereocenters. The first-order valence-corrected chi connectivity index (χ1v) is 7.22. The van der Waals surface area contributed by atoms with E-state index < -0.39 is 4.92 Å². The molecule has 6 nitrogen and oxygen atoms in total. The predicted octanol–water partition coefficient (Wildman–Crippen LogP) is 3.91. The number of anilines is 1. The number of amides is 1. The third kappa shape index (κ3) is 3.44. The smallest absolute Gasteiger partial charge is 0.274 e. The molecule has 2 aromatic carbocycles. The molecule has 0 bridgehead atoms. The third-order valence-corrected chi connectivity index (χ3v) is 3.39. The number of benzene rings is 2. The minimum absolute atomic E-state index is 0.0304. The summed E-state index contributed by atoms with van der Waals surface area (Å²) in [6.45, 7) is 0. The topological polar surface area (TPSA) is 85.1 Å². The number of non-ortho nitro benzene ring substituents is 1. The highest BCUT2D eigenvalue weighted by Crippen LogP contribution is 2.18. The zero-order chi connectivity index (χ0) is 16.9. The van der Waals surface area contributed by atoms with E-state index in [2.05, 4.69) is 10.3 Å². The van der Waals surface area contributed by atoms with Crippen LogP contribution < -0.4 is 5.32 Å². The van der Waals surface area contributed by atoms with Gasteiger partial charge in [-0.15, -0.1) is 0 Å². The van der Waals surface area contributed by atoms with Crippen LogP contribution in [0.15, 0.2) is 72.8 Å². The zero-order valence-corrected chi connectivity index (χ0v) is 12.5. The number of nitrogens with one attached hydrogen (secondary N) is 1. The Morgan fingerprint density at radius 1 is 0.917 bits per heavy atom. The van der Waals surface area contributed by atoms with Crippen LogP contribution in [0.25, 0.3) is 11.3 Å². The molecule has 0 radical (unpaired) electrons. The second kappa shape index (κ2) is 6.70. The van der Waals surface area contributed by atoms with Crippen molar-refractivity contribution < 1.29 is 9.72 Å². The second-order valence-electron chi connectivity index (χ2n) is 5.03. The molecule has 0 aliphatic heterocycles. The maximum absolute atomic E-state index is 12.3. The Kier molecular flexibility index (Phi) is 4.29. The van der Waals surface area contributed by atoms with Crippen LogP contribution in [0.3, 0.4) is 0 Å². The Morgan fingerprint density at radius 2 is 1.62 bits per heavy atom. The fourth-order valence-corrected chi connectivity index (χ4v) is 2.19. The number of hydrogen-bond donors (Lipinski definition) is 1. The molecule has 0 saturated heterocycles. The van der Waals surface area contributed by atoms with E-state index in [4.69, 9.17) is 0 Å².